The summed E-state index contributed by atoms with van der Waals surface area (Å²) in [6.45, 7) is 0.257. The third-order valence-corrected chi connectivity index (χ3v) is 4.88. The van der Waals surface area contributed by atoms with Crippen molar-refractivity contribution < 1.29 is 23.7 Å². The predicted octanol–water partition coefficient (Wildman–Crippen LogP) is 3.71. The second-order valence-corrected chi connectivity index (χ2v) is 6.90. The lowest BCUT2D eigenvalue weighted by Crippen LogP contribution is -2.24. The number of carbonyl (C=O) groups excluding carboxylic acids is 1. The number of amides is 1. The summed E-state index contributed by atoms with van der Waals surface area (Å²) in [6, 6.07) is 10.5. The molecule has 0 radical (unpaired) electrons. The number of nitriles is 1. The molecule has 31 heavy (non-hydrogen) atoms. The number of ether oxygens (including phenoxy) is 4. The van der Waals surface area contributed by atoms with E-state index in [0.717, 1.165) is 5.56 Å². The fourth-order valence-electron chi connectivity index (χ4n) is 2.63. The molecule has 0 aliphatic rings. The lowest BCUT2D eigenvalue weighted by Gasteiger charge is -2.12. The lowest BCUT2D eigenvalue weighted by atomic mass is 10.1. The second kappa shape index (κ2) is 11.5. The number of benzene rings is 2. The Labute approximate surface area is 189 Å². The topological polar surface area (TPSA) is 89.8 Å². The van der Waals surface area contributed by atoms with Gasteiger partial charge in [0.05, 0.1) is 21.3 Å². The van der Waals surface area contributed by atoms with Gasteiger partial charge in [-0.25, -0.2) is 0 Å². The van der Waals surface area contributed by atoms with Crippen LogP contribution in [0.15, 0.2) is 40.4 Å². The van der Waals surface area contributed by atoms with E-state index in [1.165, 1.54) is 20.3 Å². The molecule has 2 rings (SSSR count). The van der Waals surface area contributed by atoms with E-state index in [-0.39, 0.29) is 18.7 Å². The summed E-state index contributed by atoms with van der Waals surface area (Å²) in [7, 11) is 4.57. The number of nitrogens with one attached hydrogen (secondary N) is 1. The first-order valence-corrected chi connectivity index (χ1v) is 9.81. The quantitative estimate of drug-likeness (QED) is 0.331. The molecule has 0 saturated heterocycles. The van der Waals surface area contributed by atoms with Crippen LogP contribution >= 0.6 is 15.9 Å². The van der Waals surface area contributed by atoms with Crippen LogP contribution in [0.25, 0.3) is 6.08 Å². The molecule has 0 aliphatic carbocycles. The largest absolute Gasteiger partial charge is 0.497 e. The molecular weight excluding hydrogens is 464 g/mol. The molecule has 0 heterocycles. The smallest absolute Gasteiger partial charge is 0.262 e. The summed E-state index contributed by atoms with van der Waals surface area (Å²) >= 11 is 3.42. The maximum absolute atomic E-state index is 12.6. The van der Waals surface area contributed by atoms with Crippen molar-refractivity contribution in [3.05, 3.63) is 51.5 Å². The zero-order chi connectivity index (χ0) is 22.8. The summed E-state index contributed by atoms with van der Waals surface area (Å²) in [4.78, 5) is 12.6. The zero-order valence-corrected chi connectivity index (χ0v) is 18.9. The van der Waals surface area contributed by atoms with Gasteiger partial charge in [-0.2, -0.15) is 5.26 Å². The molecule has 160 valence electrons. The summed E-state index contributed by atoms with van der Waals surface area (Å²) in [5, 5.41) is 12.2. The van der Waals surface area contributed by atoms with Gasteiger partial charge in [0.2, 0.25) is 0 Å². The highest BCUT2D eigenvalue weighted by molar-refractivity contribution is 9.10. The van der Waals surface area contributed by atoms with Crippen molar-refractivity contribution in [3.8, 4) is 41.4 Å². The third-order valence-electron chi connectivity index (χ3n) is 4.19. The van der Waals surface area contributed by atoms with Gasteiger partial charge in [0.25, 0.3) is 5.91 Å². The van der Waals surface area contributed by atoms with E-state index in [2.05, 4.69) is 27.2 Å². The van der Waals surface area contributed by atoms with Crippen molar-refractivity contribution >= 4 is 27.9 Å². The van der Waals surface area contributed by atoms with E-state index in [9.17, 15) is 10.1 Å². The monoisotopic (exact) mass is 484 g/mol. The molecule has 0 atom stereocenters. The summed E-state index contributed by atoms with van der Waals surface area (Å²) in [6.07, 6.45) is 6.68. The lowest BCUT2D eigenvalue weighted by molar-refractivity contribution is -0.117. The molecular formula is C23H21BrN2O5. The Morgan fingerprint density at radius 2 is 1.87 bits per heavy atom. The minimum Gasteiger partial charge on any atom is -0.497 e. The molecule has 0 spiro atoms. The van der Waals surface area contributed by atoms with Gasteiger partial charge in [0.15, 0.2) is 11.5 Å². The molecule has 1 amide bonds. The average molecular weight is 485 g/mol. The fourth-order valence-corrected chi connectivity index (χ4v) is 3.06. The Hall–Kier alpha value is -3.62. The highest BCUT2D eigenvalue weighted by atomic mass is 79.9. The van der Waals surface area contributed by atoms with E-state index in [1.807, 2.05) is 6.07 Å². The van der Waals surface area contributed by atoms with Crippen molar-refractivity contribution in [1.82, 2.24) is 5.32 Å². The first kappa shape index (κ1) is 23.7. The van der Waals surface area contributed by atoms with Gasteiger partial charge in [-0.1, -0.05) is 21.9 Å². The van der Waals surface area contributed by atoms with E-state index in [0.29, 0.717) is 33.0 Å². The molecule has 1 N–H and O–H groups in total. The third kappa shape index (κ3) is 6.18. The van der Waals surface area contributed by atoms with Crippen LogP contribution in [-0.2, 0) is 11.3 Å². The highest BCUT2D eigenvalue weighted by Crippen LogP contribution is 2.34. The minimum absolute atomic E-state index is 0.0764. The molecule has 8 heteroatoms. The summed E-state index contributed by atoms with van der Waals surface area (Å²) in [5.74, 6) is 3.92. The van der Waals surface area contributed by atoms with Gasteiger partial charge in [-0.05, 0) is 35.9 Å². The van der Waals surface area contributed by atoms with Gasteiger partial charge in [0.1, 0.15) is 29.7 Å². The number of hydrogen-bond acceptors (Lipinski definition) is 6. The van der Waals surface area contributed by atoms with Crippen LogP contribution in [0.1, 0.15) is 11.1 Å². The van der Waals surface area contributed by atoms with Gasteiger partial charge in [-0.15, -0.1) is 6.42 Å². The van der Waals surface area contributed by atoms with Crippen LogP contribution in [0.2, 0.25) is 0 Å². The fraction of sp³-hybridized carbons (Fsp3) is 0.217. The Bertz CT molecular complexity index is 1070. The van der Waals surface area contributed by atoms with Crippen molar-refractivity contribution in [3.63, 3.8) is 0 Å². The maximum atomic E-state index is 12.6. The first-order valence-electron chi connectivity index (χ1n) is 9.02. The maximum Gasteiger partial charge on any atom is 0.262 e. The SMILES string of the molecule is C#CCOc1cc(Br)c(/C=C(\C#N)C(=O)NCc2ccc(OC)cc2OC)cc1OC. The summed E-state index contributed by atoms with van der Waals surface area (Å²) < 4.78 is 21.9. The number of carbonyl (C=O) groups is 1. The van der Waals surface area contributed by atoms with Crippen LogP contribution in [-0.4, -0.2) is 33.8 Å². The first-order chi connectivity index (χ1) is 15.0. The Morgan fingerprint density at radius 1 is 1.13 bits per heavy atom. The predicted molar refractivity (Wildman–Crippen MR) is 120 cm³/mol. The van der Waals surface area contributed by atoms with Crippen LogP contribution in [0.4, 0.5) is 0 Å². The number of hydrogen-bond donors (Lipinski definition) is 1. The van der Waals surface area contributed by atoms with Crippen LogP contribution < -0.4 is 24.3 Å². The van der Waals surface area contributed by atoms with E-state index in [4.69, 9.17) is 25.4 Å². The second-order valence-electron chi connectivity index (χ2n) is 6.05. The molecule has 0 bridgehead atoms. The van der Waals surface area contributed by atoms with Gasteiger partial charge < -0.3 is 24.3 Å². The van der Waals surface area contributed by atoms with Gasteiger partial charge >= 0.3 is 0 Å². The Morgan fingerprint density at radius 3 is 2.48 bits per heavy atom. The molecule has 2 aromatic carbocycles. The van der Waals surface area contributed by atoms with Crippen LogP contribution in [0.5, 0.6) is 23.0 Å². The number of nitrogens with zero attached hydrogens (tertiary/aromatic N) is 1. The molecule has 0 aromatic heterocycles. The minimum atomic E-state index is -0.529. The molecule has 0 fully saturated rings. The van der Waals surface area contributed by atoms with Crippen LogP contribution in [0, 0.1) is 23.7 Å². The summed E-state index contributed by atoms with van der Waals surface area (Å²) in [5.41, 5.74) is 1.23. The van der Waals surface area contributed by atoms with Gasteiger partial charge in [-0.3, -0.25) is 4.79 Å². The molecule has 0 unspecified atom stereocenters. The molecule has 2 aromatic rings. The molecule has 7 nitrogen and oxygen atoms in total. The normalized spacial score (nSPS) is 10.5. The molecule has 0 saturated carbocycles. The zero-order valence-electron chi connectivity index (χ0n) is 17.3. The standard InChI is InChI=1S/C23H21BrN2O5/c1-5-8-31-22-12-19(24)16(10-21(22)30-4)9-17(13-25)23(27)26-14-15-6-7-18(28-2)11-20(15)29-3/h1,6-7,9-12H,8,14H2,2-4H3,(H,26,27)/b17-9+. The van der Waals surface area contributed by atoms with Crippen molar-refractivity contribution in [2.75, 3.05) is 27.9 Å². The van der Waals surface area contributed by atoms with Gasteiger partial charge in [0, 0.05) is 22.6 Å². The van der Waals surface area contributed by atoms with E-state index >= 15 is 0 Å². The van der Waals surface area contributed by atoms with Crippen molar-refractivity contribution in [2.24, 2.45) is 0 Å². The highest BCUT2D eigenvalue weighted by Gasteiger charge is 2.14. The van der Waals surface area contributed by atoms with E-state index in [1.54, 1.807) is 37.4 Å². The number of terminal acetylenes is 1. The number of halogens is 1. The van der Waals surface area contributed by atoms with Crippen LogP contribution in [0.3, 0.4) is 0 Å². The molecule has 0 aliphatic heterocycles. The van der Waals surface area contributed by atoms with Crippen molar-refractivity contribution in [1.29, 1.82) is 5.26 Å². The number of methoxy groups -OCH3 is 3. The Kier molecular flexibility index (Phi) is 8.80. The average Bonchev–Trinajstić information content (AvgIpc) is 2.80. The van der Waals surface area contributed by atoms with E-state index < -0.39 is 5.91 Å². The Balaban J connectivity index is 2.23. The number of rotatable bonds is 9. The van der Waals surface area contributed by atoms with Crippen molar-refractivity contribution in [2.45, 2.75) is 6.54 Å².